The van der Waals surface area contributed by atoms with Crippen LogP contribution in [0.4, 0.5) is 5.69 Å². The molecular weight excluding hydrogens is 294 g/mol. The first kappa shape index (κ1) is 15.2. The molecule has 7 heteroatoms. The molecule has 1 heterocycles. The maximum atomic E-state index is 11.7. The predicted molar refractivity (Wildman–Crippen MR) is 81.4 cm³/mol. The van der Waals surface area contributed by atoms with E-state index in [1.165, 1.54) is 10.9 Å². The largest absolute Gasteiger partial charge is 0.497 e. The van der Waals surface area contributed by atoms with E-state index in [2.05, 4.69) is 10.4 Å². The Kier molecular flexibility index (Phi) is 4.70. The lowest BCUT2D eigenvalue weighted by Crippen LogP contribution is -2.21. The van der Waals surface area contributed by atoms with Gasteiger partial charge in [-0.25, -0.2) is 4.68 Å². The van der Waals surface area contributed by atoms with Crippen molar-refractivity contribution in [1.29, 1.82) is 0 Å². The monoisotopic (exact) mass is 309 g/mol. The summed E-state index contributed by atoms with van der Waals surface area (Å²) in [6, 6.07) is 5.51. The van der Waals surface area contributed by atoms with Gasteiger partial charge in [-0.3, -0.25) is 4.79 Å². The van der Waals surface area contributed by atoms with Gasteiger partial charge in [-0.05, 0) is 12.1 Å². The minimum absolute atomic E-state index is 0.111. The Bertz CT molecular complexity index is 700. The third-order valence-electron chi connectivity index (χ3n) is 3.04. The van der Waals surface area contributed by atoms with Crippen LogP contribution in [0.25, 0.3) is 0 Å². The molecule has 0 saturated carbocycles. The molecule has 0 amide bonds. The van der Waals surface area contributed by atoms with Gasteiger partial charge in [0.2, 0.25) is 0 Å². The lowest BCUT2D eigenvalue weighted by molar-refractivity contribution is 0.391. The zero-order valence-corrected chi connectivity index (χ0v) is 12.8. The predicted octanol–water partition coefficient (Wildman–Crippen LogP) is 2.06. The fourth-order valence-corrected chi connectivity index (χ4v) is 2.06. The highest BCUT2D eigenvalue weighted by atomic mass is 35.5. The van der Waals surface area contributed by atoms with E-state index in [9.17, 15) is 4.79 Å². The molecule has 6 nitrogen and oxygen atoms in total. The lowest BCUT2D eigenvalue weighted by atomic mass is 10.2. The number of hydrogen-bond acceptors (Lipinski definition) is 5. The number of halogens is 1. The second-order valence-corrected chi connectivity index (χ2v) is 4.71. The van der Waals surface area contributed by atoms with Crippen molar-refractivity contribution < 1.29 is 9.47 Å². The summed E-state index contributed by atoms with van der Waals surface area (Å²) in [5, 5.41) is 7.12. The first-order chi connectivity index (χ1) is 10.1. The summed E-state index contributed by atoms with van der Waals surface area (Å²) in [6.45, 7) is 0.446. The normalized spacial score (nSPS) is 10.3. The number of nitrogens with one attached hydrogen (secondary N) is 1. The smallest absolute Gasteiger partial charge is 0.287 e. The van der Waals surface area contributed by atoms with E-state index >= 15 is 0 Å². The van der Waals surface area contributed by atoms with E-state index in [4.69, 9.17) is 21.1 Å². The number of methoxy groups -OCH3 is 2. The Hall–Kier alpha value is -2.21. The highest BCUT2D eigenvalue weighted by molar-refractivity contribution is 6.32. The van der Waals surface area contributed by atoms with E-state index < -0.39 is 0 Å². The molecular formula is C14H16ClN3O3. The molecule has 1 aromatic heterocycles. The Morgan fingerprint density at radius 1 is 1.33 bits per heavy atom. The number of benzene rings is 1. The molecule has 0 aliphatic carbocycles. The maximum Gasteiger partial charge on any atom is 0.287 e. The van der Waals surface area contributed by atoms with Crippen LogP contribution in [-0.4, -0.2) is 24.0 Å². The Balaban J connectivity index is 2.20. The van der Waals surface area contributed by atoms with Gasteiger partial charge < -0.3 is 14.8 Å². The van der Waals surface area contributed by atoms with Crippen LogP contribution in [0.15, 0.2) is 29.2 Å². The van der Waals surface area contributed by atoms with Gasteiger partial charge in [0.1, 0.15) is 16.5 Å². The van der Waals surface area contributed by atoms with Crippen LogP contribution < -0.4 is 20.3 Å². The number of nitrogens with zero attached hydrogens (tertiary/aromatic N) is 2. The van der Waals surface area contributed by atoms with Gasteiger partial charge in [0, 0.05) is 25.2 Å². The van der Waals surface area contributed by atoms with Gasteiger partial charge in [0.25, 0.3) is 5.56 Å². The first-order valence-corrected chi connectivity index (χ1v) is 6.61. The van der Waals surface area contributed by atoms with Gasteiger partial charge in [-0.2, -0.15) is 5.10 Å². The third-order valence-corrected chi connectivity index (χ3v) is 3.41. The Morgan fingerprint density at radius 3 is 2.76 bits per heavy atom. The zero-order valence-electron chi connectivity index (χ0n) is 12.0. The molecule has 0 aliphatic heterocycles. The van der Waals surface area contributed by atoms with E-state index in [1.807, 2.05) is 12.1 Å². The molecule has 0 spiro atoms. The van der Waals surface area contributed by atoms with Crippen LogP contribution in [0, 0.1) is 0 Å². The molecule has 0 radical (unpaired) electrons. The molecule has 1 aromatic carbocycles. The molecule has 0 unspecified atom stereocenters. The van der Waals surface area contributed by atoms with E-state index in [0.717, 1.165) is 5.56 Å². The molecule has 2 aromatic rings. The Labute approximate surface area is 127 Å². The topological polar surface area (TPSA) is 65.4 Å². The second kappa shape index (κ2) is 6.49. The first-order valence-electron chi connectivity index (χ1n) is 6.23. The standard InChI is InChI=1S/C14H16ClN3O3/c1-18-14(19)13(15)11(8-17-18)16-7-9-4-5-10(20-2)6-12(9)21-3/h4-6,8,16H,7H2,1-3H3. The van der Waals surface area contributed by atoms with Crippen molar-refractivity contribution in [3.63, 3.8) is 0 Å². The third kappa shape index (κ3) is 3.28. The van der Waals surface area contributed by atoms with Gasteiger partial charge in [0.15, 0.2) is 0 Å². The van der Waals surface area contributed by atoms with Gasteiger partial charge >= 0.3 is 0 Å². The van der Waals surface area contributed by atoms with E-state index in [1.54, 1.807) is 27.3 Å². The number of anilines is 1. The van der Waals surface area contributed by atoms with Crippen molar-refractivity contribution in [2.24, 2.45) is 7.05 Å². The molecule has 0 fully saturated rings. The van der Waals surface area contributed by atoms with Crippen molar-refractivity contribution in [3.05, 3.63) is 45.3 Å². The quantitative estimate of drug-likeness (QED) is 0.916. The molecule has 0 saturated heterocycles. The highest BCUT2D eigenvalue weighted by Gasteiger charge is 2.09. The van der Waals surface area contributed by atoms with Gasteiger partial charge in [-0.1, -0.05) is 11.6 Å². The van der Waals surface area contributed by atoms with Crippen molar-refractivity contribution in [1.82, 2.24) is 9.78 Å². The fourth-order valence-electron chi connectivity index (χ4n) is 1.82. The van der Waals surface area contributed by atoms with Crippen LogP contribution in [-0.2, 0) is 13.6 Å². The summed E-state index contributed by atoms with van der Waals surface area (Å²) >= 11 is 6.00. The summed E-state index contributed by atoms with van der Waals surface area (Å²) in [5.74, 6) is 1.40. The summed E-state index contributed by atoms with van der Waals surface area (Å²) < 4.78 is 11.6. The van der Waals surface area contributed by atoms with Crippen molar-refractivity contribution in [2.45, 2.75) is 6.54 Å². The van der Waals surface area contributed by atoms with Crippen LogP contribution in [0.2, 0.25) is 5.02 Å². The van der Waals surface area contributed by atoms with E-state index in [-0.39, 0.29) is 10.6 Å². The number of ether oxygens (including phenoxy) is 2. The summed E-state index contributed by atoms with van der Waals surface area (Å²) in [6.07, 6.45) is 1.51. The number of hydrogen-bond donors (Lipinski definition) is 1. The van der Waals surface area contributed by atoms with Crippen molar-refractivity contribution >= 4 is 17.3 Å². The fraction of sp³-hybridized carbons (Fsp3) is 0.286. The number of aromatic nitrogens is 2. The lowest BCUT2D eigenvalue weighted by Gasteiger charge is -2.12. The molecule has 1 N–H and O–H groups in total. The summed E-state index contributed by atoms with van der Waals surface area (Å²) in [7, 11) is 4.73. The average molecular weight is 310 g/mol. The van der Waals surface area contributed by atoms with Gasteiger partial charge in [0.05, 0.1) is 26.1 Å². The van der Waals surface area contributed by atoms with Crippen LogP contribution in [0.5, 0.6) is 11.5 Å². The van der Waals surface area contributed by atoms with Gasteiger partial charge in [-0.15, -0.1) is 0 Å². The summed E-state index contributed by atoms with van der Waals surface area (Å²) in [4.78, 5) is 11.7. The van der Waals surface area contributed by atoms with Crippen molar-refractivity contribution in [2.75, 3.05) is 19.5 Å². The molecule has 0 aliphatic rings. The molecule has 21 heavy (non-hydrogen) atoms. The minimum Gasteiger partial charge on any atom is -0.497 e. The maximum absolute atomic E-state index is 11.7. The van der Waals surface area contributed by atoms with Crippen LogP contribution in [0.1, 0.15) is 5.56 Å². The molecule has 2 rings (SSSR count). The second-order valence-electron chi connectivity index (χ2n) is 4.33. The molecule has 112 valence electrons. The minimum atomic E-state index is -0.344. The summed E-state index contributed by atoms with van der Waals surface area (Å²) in [5.41, 5.74) is 1.05. The molecule has 0 bridgehead atoms. The zero-order chi connectivity index (χ0) is 15.4. The average Bonchev–Trinajstić information content (AvgIpc) is 2.52. The number of rotatable bonds is 5. The number of aryl methyl sites for hydroxylation is 1. The Morgan fingerprint density at radius 2 is 2.10 bits per heavy atom. The highest BCUT2D eigenvalue weighted by Crippen LogP contribution is 2.26. The van der Waals surface area contributed by atoms with Crippen LogP contribution >= 0.6 is 11.6 Å². The molecule has 0 atom stereocenters. The SMILES string of the molecule is COc1ccc(CNc2cnn(C)c(=O)c2Cl)c(OC)c1. The van der Waals surface area contributed by atoms with Crippen LogP contribution in [0.3, 0.4) is 0 Å². The van der Waals surface area contributed by atoms with Crippen molar-refractivity contribution in [3.8, 4) is 11.5 Å². The van der Waals surface area contributed by atoms with E-state index in [0.29, 0.717) is 23.7 Å².